The molecule has 0 aromatic heterocycles. The first-order chi connectivity index (χ1) is 15.9. The van der Waals surface area contributed by atoms with Gasteiger partial charge < -0.3 is 14.8 Å². The van der Waals surface area contributed by atoms with E-state index in [1.54, 1.807) is 25.3 Å². The molecule has 0 fully saturated rings. The van der Waals surface area contributed by atoms with Crippen molar-refractivity contribution in [1.29, 1.82) is 0 Å². The maximum absolute atomic E-state index is 14.2. The number of nitro benzene ring substituents is 1. The molecular weight excluding hydrogens is 432 g/mol. The van der Waals surface area contributed by atoms with Crippen LogP contribution in [0.4, 0.5) is 20.2 Å². The summed E-state index contributed by atoms with van der Waals surface area (Å²) in [6.07, 6.45) is 0.585. The Balaban J connectivity index is 1.70. The van der Waals surface area contributed by atoms with Crippen LogP contribution < -0.4 is 14.8 Å². The summed E-state index contributed by atoms with van der Waals surface area (Å²) in [5.74, 6) is 0.00749. The van der Waals surface area contributed by atoms with Crippen LogP contribution in [0.2, 0.25) is 0 Å². The second-order valence-electron chi connectivity index (χ2n) is 7.56. The molecule has 1 unspecified atom stereocenters. The van der Waals surface area contributed by atoms with Crippen LogP contribution in [0.1, 0.15) is 22.6 Å². The summed E-state index contributed by atoms with van der Waals surface area (Å²) in [6.45, 7) is 0.393. The highest BCUT2D eigenvalue weighted by atomic mass is 19.1. The number of nitrogens with zero attached hydrogens (tertiary/aromatic N) is 2. The minimum Gasteiger partial charge on any atom is -0.493 e. The van der Waals surface area contributed by atoms with Crippen molar-refractivity contribution in [3.63, 3.8) is 0 Å². The van der Waals surface area contributed by atoms with Gasteiger partial charge >= 0.3 is 0 Å². The van der Waals surface area contributed by atoms with Crippen LogP contribution in [0.5, 0.6) is 11.5 Å². The van der Waals surface area contributed by atoms with Crippen LogP contribution in [-0.4, -0.2) is 31.5 Å². The van der Waals surface area contributed by atoms with Gasteiger partial charge in [-0.3, -0.25) is 15.1 Å². The third-order valence-corrected chi connectivity index (χ3v) is 5.53. The first-order valence-electron chi connectivity index (χ1n) is 10.2. The fraction of sp³-hybridized carbons (Fsp3) is 0.208. The summed E-state index contributed by atoms with van der Waals surface area (Å²) in [7, 11) is 3.06. The maximum Gasteiger partial charge on any atom is 0.269 e. The highest BCUT2D eigenvalue weighted by Crippen LogP contribution is 2.38. The lowest BCUT2D eigenvalue weighted by Crippen LogP contribution is -2.25. The van der Waals surface area contributed by atoms with Gasteiger partial charge in [0.25, 0.3) is 5.69 Å². The summed E-state index contributed by atoms with van der Waals surface area (Å²) in [5, 5.41) is 13.9. The van der Waals surface area contributed by atoms with Crippen molar-refractivity contribution in [3.8, 4) is 11.5 Å². The van der Waals surface area contributed by atoms with E-state index in [9.17, 15) is 18.9 Å². The van der Waals surface area contributed by atoms with Crippen LogP contribution in [0.3, 0.4) is 0 Å². The molecule has 1 aliphatic rings. The van der Waals surface area contributed by atoms with E-state index in [2.05, 4.69) is 10.3 Å². The number of halogens is 2. The van der Waals surface area contributed by atoms with Crippen molar-refractivity contribution >= 4 is 17.2 Å². The fourth-order valence-corrected chi connectivity index (χ4v) is 3.86. The molecule has 33 heavy (non-hydrogen) atoms. The topological polar surface area (TPSA) is 86.0 Å². The Morgan fingerprint density at radius 2 is 1.76 bits per heavy atom. The quantitative estimate of drug-likeness (QED) is 0.415. The smallest absolute Gasteiger partial charge is 0.269 e. The molecule has 4 rings (SSSR count). The van der Waals surface area contributed by atoms with Crippen molar-refractivity contribution in [1.82, 2.24) is 0 Å². The molecule has 1 aliphatic heterocycles. The van der Waals surface area contributed by atoms with Crippen molar-refractivity contribution < 1.29 is 23.2 Å². The predicted octanol–water partition coefficient (Wildman–Crippen LogP) is 5.09. The highest BCUT2D eigenvalue weighted by molar-refractivity contribution is 6.10. The van der Waals surface area contributed by atoms with E-state index >= 15 is 0 Å². The molecule has 0 spiro atoms. The van der Waals surface area contributed by atoms with E-state index < -0.39 is 16.6 Å². The zero-order valence-corrected chi connectivity index (χ0v) is 18.0. The molecule has 1 heterocycles. The summed E-state index contributed by atoms with van der Waals surface area (Å²) >= 11 is 0. The third-order valence-electron chi connectivity index (χ3n) is 5.53. The summed E-state index contributed by atoms with van der Waals surface area (Å²) < 4.78 is 38.5. The molecule has 0 amide bonds. The first kappa shape index (κ1) is 22.2. The van der Waals surface area contributed by atoms with Gasteiger partial charge in [0.1, 0.15) is 17.5 Å². The standard InChI is InChI=1S/C24H21F2N3O4/c1-32-22-11-18-15(9-14-3-6-17(7-4-14)29(30)31)13-27-24(19(18)12-23(22)33-2)28-21-8-5-16(25)10-20(21)26/h3-8,10-12,15H,9,13H2,1-2H3,(H,27,28). The Morgan fingerprint density at radius 1 is 1.06 bits per heavy atom. The van der Waals surface area contributed by atoms with Gasteiger partial charge in [0, 0.05) is 36.2 Å². The summed E-state index contributed by atoms with van der Waals surface area (Å²) in [4.78, 5) is 15.1. The number of hydrogen-bond acceptors (Lipinski definition) is 6. The molecule has 1 N–H and O–H groups in total. The number of ether oxygens (including phenoxy) is 2. The average molecular weight is 453 g/mol. The second-order valence-corrected chi connectivity index (χ2v) is 7.56. The van der Waals surface area contributed by atoms with Gasteiger partial charge in [-0.25, -0.2) is 8.78 Å². The molecule has 1 atom stereocenters. The number of aliphatic imine (C=N–C) groups is 1. The monoisotopic (exact) mass is 453 g/mol. The summed E-state index contributed by atoms with van der Waals surface area (Å²) in [5.41, 5.74) is 2.66. The number of benzene rings is 3. The minimum absolute atomic E-state index is 0.0278. The molecule has 0 saturated heterocycles. The Hall–Kier alpha value is -4.01. The number of nitrogens with one attached hydrogen (secondary N) is 1. The van der Waals surface area contributed by atoms with E-state index in [4.69, 9.17) is 9.47 Å². The van der Waals surface area contributed by atoms with E-state index in [0.717, 1.165) is 17.2 Å². The zero-order chi connectivity index (χ0) is 23.5. The molecule has 3 aromatic carbocycles. The molecule has 0 radical (unpaired) electrons. The molecular formula is C24H21F2N3O4. The predicted molar refractivity (Wildman–Crippen MR) is 120 cm³/mol. The van der Waals surface area contributed by atoms with Gasteiger partial charge in [-0.15, -0.1) is 0 Å². The third kappa shape index (κ3) is 4.62. The Bertz CT molecular complexity index is 1230. The normalized spacial score (nSPS) is 14.8. The van der Waals surface area contributed by atoms with E-state index in [1.165, 1.54) is 31.4 Å². The number of non-ortho nitro benzene ring substituents is 1. The first-order valence-corrected chi connectivity index (χ1v) is 10.2. The van der Waals surface area contributed by atoms with E-state index in [-0.39, 0.29) is 17.3 Å². The van der Waals surface area contributed by atoms with Crippen LogP contribution in [0.25, 0.3) is 0 Å². The van der Waals surface area contributed by atoms with Gasteiger partial charge in [0.2, 0.25) is 0 Å². The number of fused-ring (bicyclic) bond motifs is 1. The molecule has 0 saturated carbocycles. The number of rotatable bonds is 6. The molecule has 9 heteroatoms. The Morgan fingerprint density at radius 3 is 2.39 bits per heavy atom. The van der Waals surface area contributed by atoms with Crippen LogP contribution in [-0.2, 0) is 6.42 Å². The van der Waals surface area contributed by atoms with E-state index in [0.29, 0.717) is 35.9 Å². The Labute approximate surface area is 188 Å². The zero-order valence-electron chi connectivity index (χ0n) is 18.0. The van der Waals surface area contributed by atoms with Crippen LogP contribution >= 0.6 is 0 Å². The van der Waals surface area contributed by atoms with Crippen molar-refractivity contribution in [3.05, 3.63) is 93.0 Å². The highest BCUT2D eigenvalue weighted by Gasteiger charge is 2.27. The molecule has 7 nitrogen and oxygen atoms in total. The minimum atomic E-state index is -0.729. The van der Waals surface area contributed by atoms with Crippen LogP contribution in [0.15, 0.2) is 59.6 Å². The van der Waals surface area contributed by atoms with Gasteiger partial charge in [-0.05, 0) is 41.8 Å². The van der Waals surface area contributed by atoms with Gasteiger partial charge in [0.05, 0.1) is 24.8 Å². The number of hydrogen-bond donors (Lipinski definition) is 1. The molecule has 0 aliphatic carbocycles. The Kier molecular flexibility index (Phi) is 6.21. The lowest BCUT2D eigenvalue weighted by atomic mass is 9.86. The average Bonchev–Trinajstić information content (AvgIpc) is 2.81. The largest absolute Gasteiger partial charge is 0.493 e. The lowest BCUT2D eigenvalue weighted by molar-refractivity contribution is -0.384. The molecule has 3 aromatic rings. The van der Waals surface area contributed by atoms with Crippen molar-refractivity contribution in [2.45, 2.75) is 12.3 Å². The van der Waals surface area contributed by atoms with E-state index in [1.807, 2.05) is 6.07 Å². The second kappa shape index (κ2) is 9.23. The lowest BCUT2D eigenvalue weighted by Gasteiger charge is -2.27. The number of methoxy groups -OCH3 is 2. The fourth-order valence-electron chi connectivity index (χ4n) is 3.86. The van der Waals surface area contributed by atoms with Crippen LogP contribution in [0, 0.1) is 21.7 Å². The SMILES string of the molecule is COc1cc2c(cc1OC)C(Cc1ccc([N+](=O)[O-])cc1)CN=C2Nc1ccc(F)cc1F. The molecule has 170 valence electrons. The van der Waals surface area contributed by atoms with Gasteiger partial charge in [-0.1, -0.05) is 12.1 Å². The maximum atomic E-state index is 14.2. The number of nitro groups is 1. The van der Waals surface area contributed by atoms with Gasteiger partial charge in [0.15, 0.2) is 11.5 Å². The van der Waals surface area contributed by atoms with Crippen molar-refractivity contribution in [2.24, 2.45) is 4.99 Å². The van der Waals surface area contributed by atoms with Crippen molar-refractivity contribution in [2.75, 3.05) is 26.1 Å². The number of anilines is 1. The number of amidine groups is 1. The molecule has 0 bridgehead atoms. The summed E-state index contributed by atoms with van der Waals surface area (Å²) in [6, 6.07) is 13.3. The van der Waals surface area contributed by atoms with Gasteiger partial charge in [-0.2, -0.15) is 0 Å².